The van der Waals surface area contributed by atoms with Gasteiger partial charge in [-0.1, -0.05) is 0 Å². The molecule has 10 heteroatoms. The molecule has 3 fully saturated rings. The molecule has 1 amide bonds. The third-order valence-electron chi connectivity index (χ3n) is 6.29. The smallest absolute Gasteiger partial charge is 0.331 e. The van der Waals surface area contributed by atoms with Gasteiger partial charge in [0.05, 0.1) is 17.4 Å². The number of halogens is 3. The molecule has 3 aliphatic rings. The summed E-state index contributed by atoms with van der Waals surface area (Å²) < 4.78 is 40.1. The van der Waals surface area contributed by atoms with Gasteiger partial charge in [0.1, 0.15) is 11.6 Å². The van der Waals surface area contributed by atoms with Gasteiger partial charge < -0.3 is 10.6 Å². The van der Waals surface area contributed by atoms with E-state index in [1.807, 2.05) is 4.90 Å². The van der Waals surface area contributed by atoms with E-state index in [9.17, 15) is 18.0 Å². The third-order valence-corrected chi connectivity index (χ3v) is 6.67. The van der Waals surface area contributed by atoms with Crippen LogP contribution in [0.5, 0.6) is 0 Å². The zero-order valence-corrected chi connectivity index (χ0v) is 16.4. The van der Waals surface area contributed by atoms with Gasteiger partial charge in [0.2, 0.25) is 0 Å². The van der Waals surface area contributed by atoms with Crippen molar-refractivity contribution in [2.24, 2.45) is 5.73 Å². The zero-order valence-electron chi connectivity index (χ0n) is 15.6. The lowest BCUT2D eigenvalue weighted by Crippen LogP contribution is -2.59. The lowest BCUT2D eigenvalue weighted by Gasteiger charge is -2.48. The second-order valence-corrected chi connectivity index (χ2v) is 8.31. The number of thiocarbonyl (C=S) groups is 1. The van der Waals surface area contributed by atoms with Crippen LogP contribution in [0.2, 0.25) is 0 Å². The molecule has 154 valence electrons. The first-order chi connectivity index (χ1) is 13.7. The predicted molar refractivity (Wildman–Crippen MR) is 103 cm³/mol. The fourth-order valence-electron chi connectivity index (χ4n) is 4.63. The summed E-state index contributed by atoms with van der Waals surface area (Å²) in [6.07, 6.45) is 1.71. The van der Waals surface area contributed by atoms with Crippen molar-refractivity contribution in [3.63, 3.8) is 0 Å². The molecule has 2 N–H and O–H groups in total. The van der Waals surface area contributed by atoms with Crippen molar-refractivity contribution in [1.29, 1.82) is 5.26 Å². The number of aromatic nitrogens is 1. The van der Waals surface area contributed by atoms with Gasteiger partial charge in [-0.25, -0.2) is 4.98 Å². The van der Waals surface area contributed by atoms with Crippen molar-refractivity contribution in [1.82, 2.24) is 9.88 Å². The van der Waals surface area contributed by atoms with E-state index in [1.165, 1.54) is 11.0 Å². The Morgan fingerprint density at radius 1 is 1.28 bits per heavy atom. The van der Waals surface area contributed by atoms with Gasteiger partial charge in [0.25, 0.3) is 5.91 Å². The Morgan fingerprint density at radius 2 is 1.93 bits per heavy atom. The van der Waals surface area contributed by atoms with Crippen LogP contribution in [-0.4, -0.2) is 38.5 Å². The van der Waals surface area contributed by atoms with Crippen molar-refractivity contribution in [2.75, 3.05) is 4.90 Å². The number of hydrogen-bond acceptors (Lipinski definition) is 5. The molecular weight excluding hydrogens is 403 g/mol. The maximum absolute atomic E-state index is 13.4. The van der Waals surface area contributed by atoms with Crippen LogP contribution in [0.25, 0.3) is 0 Å². The maximum atomic E-state index is 13.4. The number of carbonyl (C=O) groups is 1. The maximum Gasteiger partial charge on any atom is 0.419 e. The molecule has 2 aliphatic carbocycles. The van der Waals surface area contributed by atoms with E-state index < -0.39 is 23.0 Å². The van der Waals surface area contributed by atoms with Crippen molar-refractivity contribution in [3.05, 3.63) is 23.5 Å². The van der Waals surface area contributed by atoms with E-state index in [0.717, 1.165) is 44.4 Å². The molecule has 4 rings (SSSR count). The van der Waals surface area contributed by atoms with Gasteiger partial charge in [-0.3, -0.25) is 9.69 Å². The molecule has 2 heterocycles. The van der Waals surface area contributed by atoms with E-state index >= 15 is 0 Å². The molecule has 2 saturated carbocycles. The third kappa shape index (κ3) is 3.07. The van der Waals surface area contributed by atoms with E-state index in [1.54, 1.807) is 0 Å². The van der Waals surface area contributed by atoms with Crippen LogP contribution in [-0.2, 0) is 11.0 Å². The number of alkyl halides is 3. The van der Waals surface area contributed by atoms with Crippen molar-refractivity contribution < 1.29 is 18.0 Å². The van der Waals surface area contributed by atoms with E-state index in [-0.39, 0.29) is 28.8 Å². The first kappa shape index (κ1) is 20.0. The monoisotopic (exact) mass is 423 g/mol. The van der Waals surface area contributed by atoms with Gasteiger partial charge >= 0.3 is 6.18 Å². The first-order valence-electron chi connectivity index (χ1n) is 9.60. The first-order valence-corrected chi connectivity index (χ1v) is 10.0. The topological polar surface area (TPSA) is 86.2 Å². The molecule has 1 aromatic heterocycles. The second kappa shape index (κ2) is 6.92. The summed E-state index contributed by atoms with van der Waals surface area (Å²) in [5.41, 5.74) is 3.28. The summed E-state index contributed by atoms with van der Waals surface area (Å²) in [5.74, 6) is -0.303. The zero-order chi connectivity index (χ0) is 21.0. The van der Waals surface area contributed by atoms with Crippen LogP contribution in [0.3, 0.4) is 0 Å². The highest BCUT2D eigenvalue weighted by atomic mass is 32.1. The number of hydrogen-bond donors (Lipinski definition) is 1. The number of nitrogens with two attached hydrogens (primary N) is 1. The number of anilines is 1. The molecule has 0 unspecified atom stereocenters. The van der Waals surface area contributed by atoms with Gasteiger partial charge in [-0.2, -0.15) is 18.4 Å². The molecule has 29 heavy (non-hydrogen) atoms. The summed E-state index contributed by atoms with van der Waals surface area (Å²) in [6.45, 7) is 0. The fraction of sp³-hybridized carbons (Fsp3) is 0.579. The number of rotatable bonds is 2. The minimum atomic E-state index is -4.76. The Bertz CT molecular complexity index is 900. The van der Waals surface area contributed by atoms with Crippen molar-refractivity contribution in [3.8, 4) is 6.07 Å². The molecular formula is C19H20F3N5OS. The highest BCUT2D eigenvalue weighted by molar-refractivity contribution is 7.80. The molecule has 0 aromatic carbocycles. The van der Waals surface area contributed by atoms with Crippen LogP contribution in [0.4, 0.5) is 18.9 Å². The summed E-state index contributed by atoms with van der Waals surface area (Å²) in [6, 6.07) is 2.42. The summed E-state index contributed by atoms with van der Waals surface area (Å²) in [4.78, 5) is 20.1. The number of carbonyl (C=O) groups excluding carboxylic acids is 1. The van der Waals surface area contributed by atoms with Gasteiger partial charge in [0.15, 0.2) is 10.8 Å². The number of amides is 1. The van der Waals surface area contributed by atoms with Gasteiger partial charge in [0, 0.05) is 12.1 Å². The van der Waals surface area contributed by atoms with E-state index in [0.29, 0.717) is 12.8 Å². The molecule has 6 nitrogen and oxygen atoms in total. The molecule has 1 spiro atoms. The van der Waals surface area contributed by atoms with E-state index in [4.69, 9.17) is 23.2 Å². The van der Waals surface area contributed by atoms with E-state index in [2.05, 4.69) is 4.98 Å². The molecule has 0 bridgehead atoms. The number of nitrogens with zero attached hydrogens (tertiary/aromatic N) is 4. The Balaban J connectivity index is 1.73. The highest BCUT2D eigenvalue weighted by Gasteiger charge is 2.60. The molecule has 0 radical (unpaired) electrons. The van der Waals surface area contributed by atoms with Crippen LogP contribution >= 0.6 is 12.2 Å². The standard InChI is InChI=1S/C19H20F3N5OS/c20-19(21,22)14-8-13(10-25-15(14)9-23)26-16(28)18(6-1-7-18)27(17(26)29)12-4-2-11(24)3-5-12/h8,10-12H,1-7,24H2. The Kier molecular flexibility index (Phi) is 4.78. The number of pyridine rings is 1. The minimum Gasteiger partial charge on any atom is -0.331 e. The molecule has 0 atom stereocenters. The molecule has 1 aliphatic heterocycles. The lowest BCUT2D eigenvalue weighted by molar-refractivity contribution is -0.138. The average Bonchev–Trinajstić information content (AvgIpc) is 2.88. The Morgan fingerprint density at radius 3 is 2.45 bits per heavy atom. The SMILES string of the molecule is N#Cc1ncc(N2C(=O)C3(CCC3)N(C3CCC(N)CC3)C2=S)cc1C(F)(F)F. The Labute approximate surface area is 171 Å². The summed E-state index contributed by atoms with van der Waals surface area (Å²) >= 11 is 5.60. The minimum absolute atomic E-state index is 0.0463. The lowest BCUT2D eigenvalue weighted by atomic mass is 9.74. The van der Waals surface area contributed by atoms with Gasteiger partial charge in [-0.15, -0.1) is 0 Å². The van der Waals surface area contributed by atoms with Crippen LogP contribution < -0.4 is 10.6 Å². The van der Waals surface area contributed by atoms with Crippen molar-refractivity contribution in [2.45, 2.75) is 68.7 Å². The largest absolute Gasteiger partial charge is 0.419 e. The number of nitriles is 1. The van der Waals surface area contributed by atoms with Gasteiger partial charge in [-0.05, 0) is 63.2 Å². The van der Waals surface area contributed by atoms with Crippen molar-refractivity contribution >= 4 is 28.9 Å². The highest BCUT2D eigenvalue weighted by Crippen LogP contribution is 2.48. The van der Waals surface area contributed by atoms with Crippen LogP contribution in [0, 0.1) is 11.3 Å². The fourth-order valence-corrected chi connectivity index (χ4v) is 5.14. The molecule has 1 saturated heterocycles. The van der Waals surface area contributed by atoms with Crippen LogP contribution in [0.1, 0.15) is 56.2 Å². The normalized spacial score (nSPS) is 26.6. The van der Waals surface area contributed by atoms with Crippen LogP contribution in [0.15, 0.2) is 12.3 Å². The quantitative estimate of drug-likeness (QED) is 0.736. The molecule has 1 aromatic rings. The Hall–Kier alpha value is -2.25. The predicted octanol–water partition coefficient (Wildman–Crippen LogP) is 3.10. The second-order valence-electron chi connectivity index (χ2n) is 7.95. The average molecular weight is 423 g/mol. The summed E-state index contributed by atoms with van der Waals surface area (Å²) in [7, 11) is 0. The summed E-state index contributed by atoms with van der Waals surface area (Å²) in [5, 5.41) is 9.19.